The van der Waals surface area contributed by atoms with Gasteiger partial charge in [-0.2, -0.15) is 0 Å². The number of piperazine rings is 1. The molecular weight excluding hydrogens is 267 g/mol. The minimum Gasteiger partial charge on any atom is -0.351 e. The smallest absolute Gasteiger partial charge is 0.170 e. The van der Waals surface area contributed by atoms with Crippen LogP contribution in [0.1, 0.15) is 32.8 Å². The van der Waals surface area contributed by atoms with Crippen LogP contribution < -0.4 is 10.2 Å². The molecule has 1 aromatic heterocycles. The summed E-state index contributed by atoms with van der Waals surface area (Å²) in [5.41, 5.74) is 0.730. The Morgan fingerprint density at radius 3 is 2.81 bits per heavy atom. The van der Waals surface area contributed by atoms with Gasteiger partial charge in [0.1, 0.15) is 0 Å². The SMILES string of the molecule is CCCNCc1ccnc(N2CCN(C)C(C)(C)C2)c1F. The lowest BCUT2D eigenvalue weighted by atomic mass is 9.99. The summed E-state index contributed by atoms with van der Waals surface area (Å²) in [6.45, 7) is 10.5. The summed E-state index contributed by atoms with van der Waals surface area (Å²) in [6, 6.07) is 1.77. The van der Waals surface area contributed by atoms with E-state index in [9.17, 15) is 4.39 Å². The largest absolute Gasteiger partial charge is 0.351 e. The average molecular weight is 294 g/mol. The van der Waals surface area contributed by atoms with Crippen LogP contribution in [-0.4, -0.2) is 48.6 Å². The fourth-order valence-corrected chi connectivity index (χ4v) is 2.65. The van der Waals surface area contributed by atoms with Crippen LogP contribution in [0.2, 0.25) is 0 Å². The second-order valence-electron chi connectivity index (χ2n) is 6.44. The monoisotopic (exact) mass is 294 g/mol. The molecular formula is C16H27FN4. The number of halogens is 1. The van der Waals surface area contributed by atoms with Gasteiger partial charge in [0.15, 0.2) is 11.6 Å². The van der Waals surface area contributed by atoms with Crippen LogP contribution in [-0.2, 0) is 6.54 Å². The van der Waals surface area contributed by atoms with Gasteiger partial charge in [0.2, 0.25) is 0 Å². The normalized spacial score (nSPS) is 19.0. The Labute approximate surface area is 127 Å². The van der Waals surface area contributed by atoms with Crippen LogP contribution in [0.3, 0.4) is 0 Å². The molecule has 0 amide bonds. The summed E-state index contributed by atoms with van der Waals surface area (Å²) in [5, 5.41) is 3.25. The van der Waals surface area contributed by atoms with Crippen molar-refractivity contribution >= 4 is 5.82 Å². The minimum atomic E-state index is -0.179. The van der Waals surface area contributed by atoms with E-state index in [2.05, 4.69) is 47.9 Å². The molecule has 1 aliphatic heterocycles. The van der Waals surface area contributed by atoms with Crippen LogP contribution in [0.25, 0.3) is 0 Å². The first-order valence-electron chi connectivity index (χ1n) is 7.76. The number of aromatic nitrogens is 1. The molecule has 0 aliphatic carbocycles. The van der Waals surface area contributed by atoms with Crippen molar-refractivity contribution < 1.29 is 4.39 Å². The molecule has 1 saturated heterocycles. The third kappa shape index (κ3) is 3.71. The van der Waals surface area contributed by atoms with Gasteiger partial charge < -0.3 is 10.2 Å². The Morgan fingerprint density at radius 1 is 1.38 bits per heavy atom. The summed E-state index contributed by atoms with van der Waals surface area (Å²) < 4.78 is 14.7. The van der Waals surface area contributed by atoms with Gasteiger partial charge in [-0.1, -0.05) is 6.92 Å². The van der Waals surface area contributed by atoms with E-state index in [0.717, 1.165) is 32.6 Å². The molecule has 1 aromatic rings. The van der Waals surface area contributed by atoms with Crippen molar-refractivity contribution in [3.05, 3.63) is 23.6 Å². The Balaban J connectivity index is 2.15. The summed E-state index contributed by atoms with van der Waals surface area (Å²) in [7, 11) is 2.12. The molecule has 118 valence electrons. The first-order valence-corrected chi connectivity index (χ1v) is 7.76. The zero-order chi connectivity index (χ0) is 15.5. The van der Waals surface area contributed by atoms with Crippen molar-refractivity contribution in [2.75, 3.05) is 38.1 Å². The van der Waals surface area contributed by atoms with Gasteiger partial charge in [-0.05, 0) is 39.9 Å². The maximum absolute atomic E-state index is 14.7. The van der Waals surface area contributed by atoms with Crippen molar-refractivity contribution in [3.8, 4) is 0 Å². The highest BCUT2D eigenvalue weighted by Gasteiger charge is 2.32. The summed E-state index contributed by atoms with van der Waals surface area (Å²) in [4.78, 5) is 8.67. The van der Waals surface area contributed by atoms with E-state index in [4.69, 9.17) is 0 Å². The lowest BCUT2D eigenvalue weighted by Gasteiger charge is -2.45. The third-order valence-electron chi connectivity index (χ3n) is 4.31. The topological polar surface area (TPSA) is 31.4 Å². The number of hydrogen-bond acceptors (Lipinski definition) is 4. The van der Waals surface area contributed by atoms with E-state index in [1.165, 1.54) is 0 Å². The molecule has 1 fully saturated rings. The zero-order valence-corrected chi connectivity index (χ0v) is 13.6. The standard InChI is InChI=1S/C16H27FN4/c1-5-7-18-11-13-6-8-19-15(14(13)17)21-10-9-20(4)16(2,3)12-21/h6,8,18H,5,7,9-12H2,1-4H3. The first kappa shape index (κ1) is 16.2. The zero-order valence-electron chi connectivity index (χ0n) is 13.6. The summed E-state index contributed by atoms with van der Waals surface area (Å²) in [6.07, 6.45) is 2.76. The Morgan fingerprint density at radius 2 is 2.14 bits per heavy atom. The lowest BCUT2D eigenvalue weighted by Crippen LogP contribution is -2.58. The number of likely N-dealkylation sites (N-methyl/N-ethyl adjacent to an activating group) is 1. The van der Waals surface area contributed by atoms with Crippen LogP contribution in [0, 0.1) is 5.82 Å². The van der Waals surface area contributed by atoms with E-state index >= 15 is 0 Å². The maximum Gasteiger partial charge on any atom is 0.170 e. The predicted octanol–water partition coefficient (Wildman–Crippen LogP) is 2.25. The molecule has 0 radical (unpaired) electrons. The van der Waals surface area contributed by atoms with E-state index < -0.39 is 0 Å². The molecule has 0 atom stereocenters. The highest BCUT2D eigenvalue weighted by molar-refractivity contribution is 5.44. The van der Waals surface area contributed by atoms with Crippen molar-refractivity contribution in [3.63, 3.8) is 0 Å². The van der Waals surface area contributed by atoms with E-state index in [0.29, 0.717) is 17.9 Å². The van der Waals surface area contributed by atoms with Gasteiger partial charge in [0.25, 0.3) is 0 Å². The number of nitrogens with zero attached hydrogens (tertiary/aromatic N) is 3. The molecule has 0 unspecified atom stereocenters. The van der Waals surface area contributed by atoms with Gasteiger partial charge in [0, 0.05) is 43.5 Å². The van der Waals surface area contributed by atoms with Crippen LogP contribution in [0.4, 0.5) is 10.2 Å². The molecule has 0 saturated carbocycles. The number of anilines is 1. The van der Waals surface area contributed by atoms with E-state index in [-0.39, 0.29) is 11.4 Å². The number of nitrogens with one attached hydrogen (secondary N) is 1. The fraction of sp³-hybridized carbons (Fsp3) is 0.688. The Kier molecular flexibility index (Phi) is 5.17. The molecule has 0 aromatic carbocycles. The molecule has 1 aliphatic rings. The average Bonchev–Trinajstić information content (AvgIpc) is 2.44. The Hall–Kier alpha value is -1.20. The summed E-state index contributed by atoms with van der Waals surface area (Å²) >= 11 is 0. The molecule has 2 heterocycles. The second-order valence-corrected chi connectivity index (χ2v) is 6.44. The second kappa shape index (κ2) is 6.71. The quantitative estimate of drug-likeness (QED) is 0.844. The number of pyridine rings is 1. The van der Waals surface area contributed by atoms with Gasteiger partial charge in [0.05, 0.1) is 0 Å². The molecule has 4 nitrogen and oxygen atoms in total. The summed E-state index contributed by atoms with van der Waals surface area (Å²) in [5.74, 6) is 0.313. The number of hydrogen-bond donors (Lipinski definition) is 1. The van der Waals surface area contributed by atoms with Crippen LogP contribution in [0.15, 0.2) is 12.3 Å². The van der Waals surface area contributed by atoms with E-state index in [1.807, 2.05) is 0 Å². The van der Waals surface area contributed by atoms with Crippen molar-refractivity contribution in [1.82, 2.24) is 15.2 Å². The van der Waals surface area contributed by atoms with E-state index in [1.54, 1.807) is 12.3 Å². The molecule has 5 heteroatoms. The van der Waals surface area contributed by atoms with Gasteiger partial charge >= 0.3 is 0 Å². The molecule has 0 spiro atoms. The van der Waals surface area contributed by atoms with Crippen LogP contribution in [0.5, 0.6) is 0 Å². The predicted molar refractivity (Wildman–Crippen MR) is 85.1 cm³/mol. The first-order chi connectivity index (χ1) is 9.95. The van der Waals surface area contributed by atoms with Gasteiger partial charge in [-0.3, -0.25) is 4.90 Å². The highest BCUT2D eigenvalue weighted by atomic mass is 19.1. The number of rotatable bonds is 5. The van der Waals surface area contributed by atoms with Crippen molar-refractivity contribution in [2.45, 2.75) is 39.3 Å². The fourth-order valence-electron chi connectivity index (χ4n) is 2.65. The molecule has 1 N–H and O–H groups in total. The molecule has 21 heavy (non-hydrogen) atoms. The van der Waals surface area contributed by atoms with Crippen molar-refractivity contribution in [1.29, 1.82) is 0 Å². The maximum atomic E-state index is 14.7. The van der Waals surface area contributed by atoms with Crippen LogP contribution >= 0.6 is 0 Å². The molecule has 0 bridgehead atoms. The third-order valence-corrected chi connectivity index (χ3v) is 4.31. The molecule has 2 rings (SSSR count). The van der Waals surface area contributed by atoms with Gasteiger partial charge in [-0.25, -0.2) is 9.37 Å². The van der Waals surface area contributed by atoms with Gasteiger partial charge in [-0.15, -0.1) is 0 Å². The lowest BCUT2D eigenvalue weighted by molar-refractivity contribution is 0.138. The highest BCUT2D eigenvalue weighted by Crippen LogP contribution is 2.26. The minimum absolute atomic E-state index is 0.0306. The Bertz CT molecular complexity index is 475. The van der Waals surface area contributed by atoms with Crippen molar-refractivity contribution in [2.24, 2.45) is 0 Å².